The summed E-state index contributed by atoms with van der Waals surface area (Å²) in [5, 5.41) is 4.15. The van der Waals surface area contributed by atoms with Crippen molar-refractivity contribution in [1.82, 2.24) is 9.36 Å². The Hall–Kier alpha value is -1.50. The van der Waals surface area contributed by atoms with Crippen molar-refractivity contribution in [3.8, 4) is 0 Å². The first-order valence-electron chi connectivity index (χ1n) is 9.02. The van der Waals surface area contributed by atoms with Gasteiger partial charge in [-0.25, -0.2) is 4.98 Å². The smallest absolute Gasteiger partial charge is 0.207 e. The van der Waals surface area contributed by atoms with Crippen molar-refractivity contribution in [3.05, 3.63) is 35.7 Å². The summed E-state index contributed by atoms with van der Waals surface area (Å²) in [4.78, 5) is 4.49. The maximum atomic E-state index is 6.13. The fourth-order valence-corrected chi connectivity index (χ4v) is 3.84. The number of benzene rings is 1. The second-order valence-corrected chi connectivity index (χ2v) is 7.54. The zero-order chi connectivity index (χ0) is 17.5. The standard InChI is InChI=1S/C19H27N3O2S/c1-14-5-3-8-17(11-14)24-13-15-6-4-7-16(12-15)20-19-21-18(22-25-19)9-10-23-2/h4,6-7,12,14,17H,3,5,8-11,13H2,1-2H3,(H,20,21,22). The third-order valence-electron chi connectivity index (χ3n) is 4.55. The molecule has 0 saturated heterocycles. The first-order chi connectivity index (χ1) is 12.2. The highest BCUT2D eigenvalue weighted by Gasteiger charge is 2.19. The van der Waals surface area contributed by atoms with Gasteiger partial charge in [0.25, 0.3) is 0 Å². The minimum Gasteiger partial charge on any atom is -0.384 e. The van der Waals surface area contributed by atoms with Crippen LogP contribution in [0.2, 0.25) is 0 Å². The minimum absolute atomic E-state index is 0.409. The Bertz CT molecular complexity index is 662. The summed E-state index contributed by atoms with van der Waals surface area (Å²) in [5.41, 5.74) is 2.21. The maximum Gasteiger partial charge on any atom is 0.207 e. The van der Waals surface area contributed by atoms with E-state index in [1.165, 1.54) is 42.8 Å². The van der Waals surface area contributed by atoms with Gasteiger partial charge < -0.3 is 14.8 Å². The van der Waals surface area contributed by atoms with E-state index in [1.807, 2.05) is 6.07 Å². The zero-order valence-electron chi connectivity index (χ0n) is 15.0. The molecule has 1 aromatic carbocycles. The quantitative estimate of drug-likeness (QED) is 0.746. The van der Waals surface area contributed by atoms with E-state index in [2.05, 4.69) is 39.8 Å². The largest absolute Gasteiger partial charge is 0.384 e. The molecule has 0 radical (unpaired) electrons. The van der Waals surface area contributed by atoms with Gasteiger partial charge in [-0.15, -0.1) is 0 Å². The molecular formula is C19H27N3O2S. The van der Waals surface area contributed by atoms with Crippen LogP contribution in [-0.4, -0.2) is 29.2 Å². The summed E-state index contributed by atoms with van der Waals surface area (Å²) in [5.74, 6) is 1.61. The lowest BCUT2D eigenvalue weighted by Crippen LogP contribution is -2.21. The molecule has 3 rings (SSSR count). The zero-order valence-corrected chi connectivity index (χ0v) is 15.8. The van der Waals surface area contributed by atoms with E-state index in [0.717, 1.165) is 29.0 Å². The van der Waals surface area contributed by atoms with Crippen molar-refractivity contribution < 1.29 is 9.47 Å². The molecule has 0 aliphatic heterocycles. The molecule has 25 heavy (non-hydrogen) atoms. The number of rotatable bonds is 8. The van der Waals surface area contributed by atoms with Crippen LogP contribution in [0.5, 0.6) is 0 Å². The average molecular weight is 362 g/mol. The molecule has 1 fully saturated rings. The van der Waals surface area contributed by atoms with Crippen LogP contribution in [0.15, 0.2) is 24.3 Å². The first kappa shape index (κ1) is 18.3. The van der Waals surface area contributed by atoms with Crippen LogP contribution >= 0.6 is 11.5 Å². The predicted octanol–water partition coefficient (Wildman–Crippen LogP) is 4.57. The van der Waals surface area contributed by atoms with Crippen LogP contribution < -0.4 is 5.32 Å². The second kappa shape index (κ2) is 9.27. The molecular weight excluding hydrogens is 334 g/mol. The lowest BCUT2D eigenvalue weighted by molar-refractivity contribution is 0.00469. The Kier molecular flexibility index (Phi) is 6.78. The van der Waals surface area contributed by atoms with Gasteiger partial charge in [0.05, 0.1) is 19.3 Å². The number of methoxy groups -OCH3 is 1. The van der Waals surface area contributed by atoms with Gasteiger partial charge in [0.2, 0.25) is 5.13 Å². The molecule has 1 aliphatic carbocycles. The van der Waals surface area contributed by atoms with E-state index in [1.54, 1.807) is 7.11 Å². The lowest BCUT2D eigenvalue weighted by Gasteiger charge is -2.26. The van der Waals surface area contributed by atoms with Crippen LogP contribution in [0.3, 0.4) is 0 Å². The molecule has 6 heteroatoms. The van der Waals surface area contributed by atoms with Crippen LogP contribution in [0, 0.1) is 5.92 Å². The topological polar surface area (TPSA) is 56.3 Å². The number of ether oxygens (including phenoxy) is 2. The van der Waals surface area contributed by atoms with Crippen LogP contribution in [-0.2, 0) is 22.5 Å². The van der Waals surface area contributed by atoms with Crippen molar-refractivity contribution in [2.75, 3.05) is 19.0 Å². The second-order valence-electron chi connectivity index (χ2n) is 6.79. The van der Waals surface area contributed by atoms with E-state index in [4.69, 9.17) is 9.47 Å². The van der Waals surface area contributed by atoms with Gasteiger partial charge in [0.1, 0.15) is 5.82 Å². The highest BCUT2D eigenvalue weighted by molar-refractivity contribution is 7.09. The van der Waals surface area contributed by atoms with Crippen molar-refractivity contribution in [1.29, 1.82) is 0 Å². The average Bonchev–Trinajstić information content (AvgIpc) is 3.06. The van der Waals surface area contributed by atoms with Gasteiger partial charge >= 0.3 is 0 Å². The fraction of sp³-hybridized carbons (Fsp3) is 0.579. The molecule has 0 spiro atoms. The number of nitrogens with zero attached hydrogens (tertiary/aromatic N) is 2. The monoisotopic (exact) mass is 361 g/mol. The third-order valence-corrected chi connectivity index (χ3v) is 5.22. The molecule has 0 amide bonds. The number of anilines is 2. The summed E-state index contributed by atoms with van der Waals surface area (Å²) in [6, 6.07) is 8.34. The number of aromatic nitrogens is 2. The van der Waals surface area contributed by atoms with E-state index >= 15 is 0 Å². The fourth-order valence-electron chi connectivity index (χ4n) is 3.21. The molecule has 1 aliphatic rings. The number of hydrogen-bond donors (Lipinski definition) is 1. The minimum atomic E-state index is 0.409. The Morgan fingerprint density at radius 2 is 2.24 bits per heavy atom. The lowest BCUT2D eigenvalue weighted by atomic mass is 9.89. The molecule has 1 N–H and O–H groups in total. The molecule has 2 aromatic rings. The van der Waals surface area contributed by atoms with Gasteiger partial charge in [-0.1, -0.05) is 31.9 Å². The Labute approximate surface area is 153 Å². The van der Waals surface area contributed by atoms with E-state index in [-0.39, 0.29) is 0 Å². The van der Waals surface area contributed by atoms with Crippen LogP contribution in [0.4, 0.5) is 10.8 Å². The normalized spacial score (nSPS) is 20.6. The Balaban J connectivity index is 1.53. The molecule has 1 aromatic heterocycles. The SMILES string of the molecule is COCCc1nsc(Nc2cccc(COC3CCCC(C)C3)c2)n1. The van der Waals surface area contributed by atoms with Crippen LogP contribution in [0.25, 0.3) is 0 Å². The molecule has 1 heterocycles. The molecule has 2 atom stereocenters. The van der Waals surface area contributed by atoms with Gasteiger partial charge in [-0.3, -0.25) is 0 Å². The summed E-state index contributed by atoms with van der Waals surface area (Å²) in [7, 11) is 1.69. The summed E-state index contributed by atoms with van der Waals surface area (Å²) >= 11 is 1.38. The predicted molar refractivity (Wildman–Crippen MR) is 101 cm³/mol. The molecule has 5 nitrogen and oxygen atoms in total. The van der Waals surface area contributed by atoms with E-state index in [0.29, 0.717) is 19.3 Å². The van der Waals surface area contributed by atoms with Crippen molar-refractivity contribution in [2.24, 2.45) is 5.92 Å². The Morgan fingerprint density at radius 3 is 3.08 bits per heavy atom. The van der Waals surface area contributed by atoms with E-state index in [9.17, 15) is 0 Å². The maximum absolute atomic E-state index is 6.13. The Morgan fingerprint density at radius 1 is 1.32 bits per heavy atom. The highest BCUT2D eigenvalue weighted by Crippen LogP contribution is 2.27. The number of hydrogen-bond acceptors (Lipinski definition) is 6. The molecule has 136 valence electrons. The van der Waals surface area contributed by atoms with Gasteiger partial charge in [-0.2, -0.15) is 4.37 Å². The number of nitrogens with one attached hydrogen (secondary N) is 1. The first-order valence-corrected chi connectivity index (χ1v) is 9.79. The van der Waals surface area contributed by atoms with Crippen molar-refractivity contribution in [2.45, 2.75) is 51.7 Å². The van der Waals surface area contributed by atoms with Crippen LogP contribution in [0.1, 0.15) is 44.0 Å². The summed E-state index contributed by atoms with van der Waals surface area (Å²) in [6.07, 6.45) is 6.16. The van der Waals surface area contributed by atoms with E-state index < -0.39 is 0 Å². The van der Waals surface area contributed by atoms with Crippen molar-refractivity contribution in [3.63, 3.8) is 0 Å². The molecule has 2 unspecified atom stereocenters. The molecule has 0 bridgehead atoms. The van der Waals surface area contributed by atoms with Gasteiger partial charge in [-0.05, 0) is 36.5 Å². The highest BCUT2D eigenvalue weighted by atomic mass is 32.1. The third kappa shape index (κ3) is 5.76. The van der Waals surface area contributed by atoms with Crippen molar-refractivity contribution >= 4 is 22.4 Å². The van der Waals surface area contributed by atoms with Gasteiger partial charge in [0.15, 0.2) is 0 Å². The van der Waals surface area contributed by atoms with Gasteiger partial charge in [0, 0.05) is 30.8 Å². The summed E-state index contributed by atoms with van der Waals surface area (Å²) in [6.45, 7) is 3.63. The molecule has 1 saturated carbocycles. The summed E-state index contributed by atoms with van der Waals surface area (Å²) < 4.78 is 15.5.